The Labute approximate surface area is 185 Å². The van der Waals surface area contributed by atoms with Crippen molar-refractivity contribution in [1.29, 1.82) is 0 Å². The van der Waals surface area contributed by atoms with Crippen molar-refractivity contribution in [3.63, 3.8) is 0 Å². The lowest BCUT2D eigenvalue weighted by Gasteiger charge is -2.17. The van der Waals surface area contributed by atoms with Crippen LogP contribution in [0, 0.1) is 15.2 Å². The van der Waals surface area contributed by atoms with Gasteiger partial charge in [-0.1, -0.05) is 0 Å². The van der Waals surface area contributed by atoms with E-state index in [1.54, 1.807) is 6.07 Å². The third-order valence-electron chi connectivity index (χ3n) is 4.08. The first-order chi connectivity index (χ1) is 14.5. The number of hydrogen-bond acceptors (Lipinski definition) is 5. The van der Waals surface area contributed by atoms with E-state index >= 15 is 0 Å². The second-order valence-electron chi connectivity index (χ2n) is 6.21. The molecule has 2 amide bonds. The third kappa shape index (κ3) is 4.95. The number of aliphatic hydroxyl groups excluding tert-OH is 1. The monoisotopic (exact) mass is 554 g/mol. The molecule has 2 aromatic carbocycles. The molecule has 1 heterocycles. The molecular weight excluding hydrogens is 542 g/mol. The van der Waals surface area contributed by atoms with Crippen molar-refractivity contribution in [3.8, 4) is 11.5 Å². The van der Waals surface area contributed by atoms with Gasteiger partial charge in [0.25, 0.3) is 11.8 Å². The van der Waals surface area contributed by atoms with Gasteiger partial charge in [0.05, 0.1) is 24.4 Å². The predicted molar refractivity (Wildman–Crippen MR) is 106 cm³/mol. The number of anilines is 1. The van der Waals surface area contributed by atoms with Gasteiger partial charge in [0.1, 0.15) is 5.70 Å². The van der Waals surface area contributed by atoms with Gasteiger partial charge in [-0.2, -0.15) is 13.2 Å². The van der Waals surface area contributed by atoms with Crippen LogP contribution in [0.15, 0.2) is 42.1 Å². The Morgan fingerprint density at radius 1 is 1.10 bits per heavy atom. The van der Waals surface area contributed by atoms with Gasteiger partial charge in [-0.05, 0) is 52.9 Å². The molecule has 12 heteroatoms. The summed E-state index contributed by atoms with van der Waals surface area (Å²) in [6, 6.07) is 4.49. The minimum absolute atomic E-state index is 0.0253. The Morgan fingerprint density at radius 3 is 2.32 bits per heavy atom. The van der Waals surface area contributed by atoms with Crippen LogP contribution in [-0.2, 0) is 15.8 Å². The van der Waals surface area contributed by atoms with Crippen molar-refractivity contribution in [3.05, 3.63) is 62.9 Å². The summed E-state index contributed by atoms with van der Waals surface area (Å²) in [5.41, 5.74) is -1.67. The smallest absolute Gasteiger partial charge is 0.416 e. The lowest BCUT2D eigenvalue weighted by molar-refractivity contribution is -0.138. The van der Waals surface area contributed by atoms with Crippen molar-refractivity contribution in [1.82, 2.24) is 4.90 Å². The van der Waals surface area contributed by atoms with Crippen molar-refractivity contribution >= 4 is 40.1 Å². The average Bonchev–Trinajstić information content (AvgIpc) is 2.93. The number of amides is 2. The number of β-amino-alcohol motifs (C(OH)–C–C–N with tert-alkyl or cyclic N) is 1. The third-order valence-corrected chi connectivity index (χ3v) is 4.75. The molecular formula is C19H12F5IN2O4. The van der Waals surface area contributed by atoms with Gasteiger partial charge in [-0.25, -0.2) is 8.78 Å². The number of rotatable bonds is 6. The molecule has 0 radical (unpaired) electrons. The van der Waals surface area contributed by atoms with Crippen LogP contribution in [0.5, 0.6) is 11.5 Å². The number of carbonyl (C=O) groups is 2. The summed E-state index contributed by atoms with van der Waals surface area (Å²) in [5.74, 6) is -5.83. The van der Waals surface area contributed by atoms with Crippen LogP contribution >= 0.6 is 22.6 Å². The standard InChI is InChI=1S/C19H12F5IN2O4/c20-11-5-9(19(22,23)24)6-12(21)17(11)31-15-7-10(25)1-2-13(15)26-14-8-16(29)27(3-4-28)18(14)30/h1-2,5-8,26,28H,3-4H2. The van der Waals surface area contributed by atoms with E-state index < -0.39 is 47.5 Å². The van der Waals surface area contributed by atoms with Crippen molar-refractivity contribution in [2.24, 2.45) is 0 Å². The fraction of sp³-hybridized carbons (Fsp3) is 0.158. The number of alkyl halides is 3. The summed E-state index contributed by atoms with van der Waals surface area (Å²) in [5, 5.41) is 11.6. The zero-order valence-corrected chi connectivity index (χ0v) is 17.4. The summed E-state index contributed by atoms with van der Waals surface area (Å²) >= 11 is 1.87. The molecule has 0 aromatic heterocycles. The van der Waals surface area contributed by atoms with E-state index in [1.165, 1.54) is 12.1 Å². The number of carbonyl (C=O) groups excluding carboxylic acids is 2. The zero-order chi connectivity index (χ0) is 22.9. The molecule has 0 unspecified atom stereocenters. The van der Waals surface area contributed by atoms with Crippen LogP contribution in [0.25, 0.3) is 0 Å². The normalized spacial score (nSPS) is 14.2. The SMILES string of the molecule is O=C1C=C(Nc2ccc(I)cc2Oc2c(F)cc(C(F)(F)F)cc2F)C(=O)N1CCO. The number of nitrogens with one attached hydrogen (secondary N) is 1. The number of benzene rings is 2. The maximum atomic E-state index is 14.2. The van der Waals surface area contributed by atoms with E-state index in [9.17, 15) is 31.5 Å². The number of imide groups is 1. The quantitative estimate of drug-likeness (QED) is 0.321. The van der Waals surface area contributed by atoms with Crippen molar-refractivity contribution in [2.45, 2.75) is 6.18 Å². The molecule has 0 saturated carbocycles. The van der Waals surface area contributed by atoms with E-state index in [1.807, 2.05) is 22.6 Å². The molecule has 164 valence electrons. The molecule has 1 aliphatic heterocycles. The van der Waals surface area contributed by atoms with E-state index in [0.717, 1.165) is 11.0 Å². The molecule has 31 heavy (non-hydrogen) atoms. The highest BCUT2D eigenvalue weighted by Gasteiger charge is 2.34. The van der Waals surface area contributed by atoms with Crippen molar-refractivity contribution in [2.75, 3.05) is 18.5 Å². The Bertz CT molecular complexity index is 1060. The Balaban J connectivity index is 1.93. The minimum atomic E-state index is -4.95. The van der Waals surface area contributed by atoms with Gasteiger partial charge < -0.3 is 15.2 Å². The summed E-state index contributed by atoms with van der Waals surface area (Å²) < 4.78 is 72.3. The molecule has 2 N–H and O–H groups in total. The Morgan fingerprint density at radius 2 is 1.74 bits per heavy atom. The van der Waals surface area contributed by atoms with Gasteiger partial charge in [-0.15, -0.1) is 0 Å². The van der Waals surface area contributed by atoms with Crippen LogP contribution < -0.4 is 10.1 Å². The average molecular weight is 554 g/mol. The summed E-state index contributed by atoms with van der Waals surface area (Å²) in [4.78, 5) is 24.9. The second-order valence-corrected chi connectivity index (χ2v) is 7.46. The molecule has 0 aliphatic carbocycles. The molecule has 0 spiro atoms. The van der Waals surface area contributed by atoms with Gasteiger partial charge in [-0.3, -0.25) is 14.5 Å². The largest absolute Gasteiger partial charge is 0.449 e. The van der Waals surface area contributed by atoms with Crippen LogP contribution in [-0.4, -0.2) is 35.0 Å². The first-order valence-electron chi connectivity index (χ1n) is 8.50. The molecule has 0 fully saturated rings. The first kappa shape index (κ1) is 22.9. The van der Waals surface area contributed by atoms with E-state index in [4.69, 9.17) is 9.84 Å². The van der Waals surface area contributed by atoms with Crippen LogP contribution in [0.1, 0.15) is 5.56 Å². The van der Waals surface area contributed by atoms with Crippen LogP contribution in [0.3, 0.4) is 0 Å². The van der Waals surface area contributed by atoms with Gasteiger partial charge in [0, 0.05) is 9.65 Å². The molecule has 2 aromatic rings. The van der Waals surface area contributed by atoms with E-state index in [0.29, 0.717) is 3.57 Å². The summed E-state index contributed by atoms with van der Waals surface area (Å²) in [7, 11) is 0. The highest BCUT2D eigenvalue weighted by atomic mass is 127. The second kappa shape index (κ2) is 8.78. The molecule has 3 rings (SSSR count). The highest BCUT2D eigenvalue weighted by molar-refractivity contribution is 14.1. The van der Waals surface area contributed by atoms with E-state index in [2.05, 4.69) is 5.32 Å². The highest BCUT2D eigenvalue weighted by Crippen LogP contribution is 2.38. The van der Waals surface area contributed by atoms with E-state index in [-0.39, 0.29) is 35.8 Å². The molecule has 0 bridgehead atoms. The number of nitrogens with zero attached hydrogens (tertiary/aromatic N) is 1. The maximum absolute atomic E-state index is 14.2. The topological polar surface area (TPSA) is 78.9 Å². The van der Waals surface area contributed by atoms with Gasteiger partial charge in [0.2, 0.25) is 0 Å². The molecule has 0 saturated heterocycles. The Hall–Kier alpha value is -2.74. The maximum Gasteiger partial charge on any atom is 0.416 e. The Kier molecular flexibility index (Phi) is 6.50. The van der Waals surface area contributed by atoms with Crippen LogP contribution in [0.4, 0.5) is 27.6 Å². The fourth-order valence-corrected chi connectivity index (χ4v) is 3.13. The van der Waals surface area contributed by atoms with Crippen LogP contribution in [0.2, 0.25) is 0 Å². The first-order valence-corrected chi connectivity index (χ1v) is 9.58. The zero-order valence-electron chi connectivity index (χ0n) is 15.3. The van der Waals surface area contributed by atoms with Gasteiger partial charge in [0.15, 0.2) is 23.1 Å². The lowest BCUT2D eigenvalue weighted by atomic mass is 10.2. The fourth-order valence-electron chi connectivity index (χ4n) is 2.67. The molecule has 1 aliphatic rings. The number of aliphatic hydroxyl groups is 1. The molecule has 6 nitrogen and oxygen atoms in total. The minimum Gasteiger partial charge on any atom is -0.449 e. The van der Waals surface area contributed by atoms with Crippen molar-refractivity contribution < 1.29 is 41.4 Å². The number of ether oxygens (including phenoxy) is 1. The number of halogens is 6. The van der Waals surface area contributed by atoms with Gasteiger partial charge >= 0.3 is 6.18 Å². The predicted octanol–water partition coefficient (Wildman–Crippen LogP) is 4.04. The summed E-state index contributed by atoms with van der Waals surface area (Å²) in [6.07, 6.45) is -3.98. The lowest BCUT2D eigenvalue weighted by Crippen LogP contribution is -2.34. The molecule has 0 atom stereocenters. The number of hydrogen-bond donors (Lipinski definition) is 2. The summed E-state index contributed by atoms with van der Waals surface area (Å²) in [6.45, 7) is -0.666.